The van der Waals surface area contributed by atoms with Gasteiger partial charge in [0, 0.05) is 5.39 Å². The van der Waals surface area contributed by atoms with E-state index in [0.717, 1.165) is 17.2 Å². The summed E-state index contributed by atoms with van der Waals surface area (Å²) in [7, 11) is -8.38. The molecule has 4 rings (SSSR count). The molecule has 0 aliphatic rings. The Bertz CT molecular complexity index is 1500. The summed E-state index contributed by atoms with van der Waals surface area (Å²) in [5.74, 6) is 0. The molecule has 6 nitrogen and oxygen atoms in total. The van der Waals surface area contributed by atoms with Crippen LogP contribution in [-0.2, 0) is 20.0 Å². The number of anilines is 2. The molecule has 0 saturated heterocycles. The number of benzene rings is 4. The fourth-order valence-electron chi connectivity index (χ4n) is 3.70. The van der Waals surface area contributed by atoms with Crippen LogP contribution in [0, 0.1) is 13.8 Å². The second-order valence-electron chi connectivity index (χ2n) is 7.53. The van der Waals surface area contributed by atoms with Crippen molar-refractivity contribution in [3.63, 3.8) is 0 Å². The van der Waals surface area contributed by atoms with E-state index >= 15 is 0 Å². The zero-order valence-electron chi connectivity index (χ0n) is 17.6. The lowest BCUT2D eigenvalue weighted by molar-refractivity contribution is 0.595. The number of fused-ring (bicyclic) bond motifs is 1. The third-order valence-corrected chi connectivity index (χ3v) is 7.97. The topological polar surface area (TPSA) is 97.5 Å². The van der Waals surface area contributed by atoms with Gasteiger partial charge in [-0.25, -0.2) is 26.3 Å². The van der Waals surface area contributed by atoms with E-state index in [4.69, 9.17) is 5.14 Å². The molecule has 0 saturated carbocycles. The highest BCUT2D eigenvalue weighted by Gasteiger charge is 2.31. The number of nitrogens with two attached hydrogens (primary N) is 1. The van der Waals surface area contributed by atoms with Crippen LogP contribution >= 0.6 is 0 Å². The molecule has 0 heterocycles. The first-order valence-electron chi connectivity index (χ1n) is 9.83. The molecule has 0 spiro atoms. The molecular weight excluding hydrogens is 444 g/mol. The van der Waals surface area contributed by atoms with Gasteiger partial charge in [0.25, 0.3) is 10.0 Å². The Balaban J connectivity index is 2.11. The average Bonchev–Trinajstić information content (AvgIpc) is 2.75. The third-order valence-electron chi connectivity index (χ3n) is 5.31. The van der Waals surface area contributed by atoms with Crippen molar-refractivity contribution in [2.24, 2.45) is 5.14 Å². The van der Waals surface area contributed by atoms with E-state index in [1.165, 1.54) is 10.4 Å². The van der Waals surface area contributed by atoms with Crippen molar-refractivity contribution in [2.45, 2.75) is 23.6 Å². The van der Waals surface area contributed by atoms with Crippen molar-refractivity contribution in [1.82, 2.24) is 0 Å². The fraction of sp³-hybridized carbons (Fsp3) is 0.0833. The summed E-state index contributed by atoms with van der Waals surface area (Å²) in [6, 6.07) is 23.6. The zero-order chi connectivity index (χ0) is 23.1. The minimum atomic E-state index is -4.25. The Morgan fingerprint density at radius 2 is 1.19 bits per heavy atom. The number of sulfonamides is 2. The van der Waals surface area contributed by atoms with E-state index in [0.29, 0.717) is 22.1 Å². The molecule has 0 aliphatic carbocycles. The maximum absolute atomic E-state index is 14.2. The largest absolute Gasteiger partial charge is 0.269 e. The lowest BCUT2D eigenvalue weighted by atomic mass is 10.1. The van der Waals surface area contributed by atoms with Gasteiger partial charge in [-0.1, -0.05) is 60.7 Å². The van der Waals surface area contributed by atoms with Crippen LogP contribution < -0.4 is 9.44 Å². The van der Waals surface area contributed by atoms with Crippen LogP contribution in [0.15, 0.2) is 94.7 Å². The van der Waals surface area contributed by atoms with Gasteiger partial charge in [0.2, 0.25) is 10.0 Å². The van der Waals surface area contributed by atoms with E-state index < -0.39 is 20.0 Å². The molecule has 0 unspecified atom stereocenters. The Kier molecular flexibility index (Phi) is 5.54. The maximum Gasteiger partial charge on any atom is 0.269 e. The molecule has 0 fully saturated rings. The number of hydrogen-bond acceptors (Lipinski definition) is 4. The van der Waals surface area contributed by atoms with Gasteiger partial charge in [-0.3, -0.25) is 0 Å². The molecule has 0 atom stereocenters. The SMILES string of the molecule is Cc1ccccc1N(c1ccccc1C)S(=O)(=O)c1cc(S(N)(=O)=O)cc2ccccc12. The summed E-state index contributed by atoms with van der Waals surface area (Å²) >= 11 is 0. The van der Waals surface area contributed by atoms with Crippen molar-refractivity contribution in [3.05, 3.63) is 96.1 Å². The molecule has 0 aromatic heterocycles. The Labute approximate surface area is 188 Å². The second kappa shape index (κ2) is 8.05. The molecule has 4 aromatic rings. The van der Waals surface area contributed by atoms with E-state index in [2.05, 4.69) is 0 Å². The second-order valence-corrected chi connectivity index (χ2v) is 10.8. The van der Waals surface area contributed by atoms with E-state index in [9.17, 15) is 16.8 Å². The van der Waals surface area contributed by atoms with Crippen LogP contribution in [0.5, 0.6) is 0 Å². The van der Waals surface area contributed by atoms with Crippen molar-refractivity contribution in [3.8, 4) is 0 Å². The summed E-state index contributed by atoms with van der Waals surface area (Å²) in [5, 5.41) is 6.24. The normalized spacial score (nSPS) is 12.1. The van der Waals surface area contributed by atoms with Crippen molar-refractivity contribution >= 4 is 42.2 Å². The van der Waals surface area contributed by atoms with E-state index in [1.807, 2.05) is 38.1 Å². The smallest absolute Gasteiger partial charge is 0.234 e. The lowest BCUT2D eigenvalue weighted by Crippen LogP contribution is -2.28. The van der Waals surface area contributed by atoms with Crippen LogP contribution in [0.4, 0.5) is 11.4 Å². The van der Waals surface area contributed by atoms with Crippen molar-refractivity contribution in [2.75, 3.05) is 4.31 Å². The van der Waals surface area contributed by atoms with Crippen molar-refractivity contribution in [1.29, 1.82) is 0 Å². The van der Waals surface area contributed by atoms with Gasteiger partial charge >= 0.3 is 0 Å². The maximum atomic E-state index is 14.2. The number of primary sulfonamides is 1. The molecule has 0 amide bonds. The molecule has 0 radical (unpaired) electrons. The molecule has 0 bridgehead atoms. The molecule has 4 aromatic carbocycles. The molecule has 2 N–H and O–H groups in total. The fourth-order valence-corrected chi connectivity index (χ4v) is 6.21. The quantitative estimate of drug-likeness (QED) is 0.464. The number of para-hydroxylation sites is 2. The van der Waals surface area contributed by atoms with Gasteiger partial charge in [-0.15, -0.1) is 0 Å². The van der Waals surface area contributed by atoms with Gasteiger partial charge in [-0.05, 0) is 54.6 Å². The minimum absolute atomic E-state index is 0.133. The number of nitrogens with zero attached hydrogens (tertiary/aromatic N) is 1. The highest BCUT2D eigenvalue weighted by atomic mass is 32.2. The molecule has 164 valence electrons. The first-order valence-corrected chi connectivity index (χ1v) is 12.8. The summed E-state index contributed by atoms with van der Waals surface area (Å²) in [4.78, 5) is -0.393. The first-order chi connectivity index (χ1) is 15.1. The Hall–Kier alpha value is -3.20. The van der Waals surface area contributed by atoms with Gasteiger partial charge in [0.05, 0.1) is 21.2 Å². The van der Waals surface area contributed by atoms with Crippen LogP contribution in [0.1, 0.15) is 11.1 Å². The number of rotatable bonds is 5. The number of hydrogen-bond donors (Lipinski definition) is 1. The molecular formula is C24H22N2O4S2. The number of aryl methyl sites for hydroxylation is 2. The predicted octanol–water partition coefficient (Wildman–Crippen LogP) is 4.63. The van der Waals surface area contributed by atoms with Gasteiger partial charge in [0.1, 0.15) is 0 Å². The summed E-state index contributed by atoms with van der Waals surface area (Å²) in [6.07, 6.45) is 0. The Morgan fingerprint density at radius 1 is 0.688 bits per heavy atom. The van der Waals surface area contributed by atoms with Gasteiger partial charge < -0.3 is 0 Å². The molecule has 0 aliphatic heterocycles. The monoisotopic (exact) mass is 466 g/mol. The van der Waals surface area contributed by atoms with Crippen molar-refractivity contribution < 1.29 is 16.8 Å². The van der Waals surface area contributed by atoms with Crippen LogP contribution in [0.25, 0.3) is 10.8 Å². The molecule has 8 heteroatoms. The van der Waals surface area contributed by atoms with E-state index in [-0.39, 0.29) is 9.79 Å². The Morgan fingerprint density at radius 3 is 1.72 bits per heavy atom. The highest BCUT2D eigenvalue weighted by molar-refractivity contribution is 7.93. The molecule has 32 heavy (non-hydrogen) atoms. The third kappa shape index (κ3) is 3.88. The highest BCUT2D eigenvalue weighted by Crippen LogP contribution is 2.38. The lowest BCUT2D eigenvalue weighted by Gasteiger charge is -2.28. The van der Waals surface area contributed by atoms with Crippen LogP contribution in [0.2, 0.25) is 0 Å². The van der Waals surface area contributed by atoms with Crippen LogP contribution in [0.3, 0.4) is 0 Å². The summed E-state index contributed by atoms with van der Waals surface area (Å²) in [6.45, 7) is 3.66. The summed E-state index contributed by atoms with van der Waals surface area (Å²) in [5.41, 5.74) is 2.47. The van der Waals surface area contributed by atoms with Gasteiger partial charge in [-0.2, -0.15) is 0 Å². The standard InChI is InChI=1S/C24H22N2O4S2/c1-17-9-3-7-13-22(17)26(23-14-8-4-10-18(23)2)32(29,30)24-16-20(31(25,27)28)15-19-11-5-6-12-21(19)24/h3-16H,1-2H3,(H2,25,27,28). The van der Waals surface area contributed by atoms with E-state index in [1.54, 1.807) is 48.5 Å². The average molecular weight is 467 g/mol. The zero-order valence-corrected chi connectivity index (χ0v) is 19.2. The van der Waals surface area contributed by atoms with Gasteiger partial charge in [0.15, 0.2) is 0 Å². The van der Waals surface area contributed by atoms with Crippen LogP contribution in [-0.4, -0.2) is 16.8 Å². The summed E-state index contributed by atoms with van der Waals surface area (Å²) < 4.78 is 54.0. The minimum Gasteiger partial charge on any atom is -0.234 e. The first kappa shape index (κ1) is 22.0. The predicted molar refractivity (Wildman–Crippen MR) is 127 cm³/mol.